The van der Waals surface area contributed by atoms with Gasteiger partial charge in [0.1, 0.15) is 18.0 Å². The van der Waals surface area contributed by atoms with Crippen LogP contribution in [0, 0.1) is 0 Å². The van der Waals surface area contributed by atoms with Crippen molar-refractivity contribution < 1.29 is 13.9 Å². The highest BCUT2D eigenvalue weighted by atomic mass is 32.1. The third-order valence-corrected chi connectivity index (χ3v) is 3.70. The summed E-state index contributed by atoms with van der Waals surface area (Å²) in [7, 11) is 1.84. The Hall–Kier alpha value is -1.31. The van der Waals surface area contributed by atoms with E-state index in [1.165, 1.54) is 11.3 Å². The molecule has 2 N–H and O–H groups in total. The average Bonchev–Trinajstić information content (AvgIpc) is 3.02. The smallest absolute Gasteiger partial charge is 0.265 e. The van der Waals surface area contributed by atoms with E-state index in [1.807, 2.05) is 29.1 Å². The third-order valence-electron chi connectivity index (χ3n) is 2.77. The summed E-state index contributed by atoms with van der Waals surface area (Å²) in [6.45, 7) is -0.187. The fraction of sp³-hybridized carbons (Fsp3) is 0.417. The number of imidazole rings is 1. The van der Waals surface area contributed by atoms with Crippen molar-refractivity contribution in [1.29, 1.82) is 0 Å². The molecule has 2 rings (SSSR count). The van der Waals surface area contributed by atoms with Gasteiger partial charge in [-0.15, -0.1) is 11.3 Å². The molecule has 0 spiro atoms. The SMILES string of the molecule is Cn1ccnc1C(NCC(O)C(F)F)c1cccs1. The second-order valence-electron chi connectivity index (χ2n) is 4.15. The number of thiophene rings is 1. The molecule has 0 aliphatic rings. The molecule has 0 saturated carbocycles. The van der Waals surface area contributed by atoms with Crippen LogP contribution in [0.25, 0.3) is 0 Å². The van der Waals surface area contributed by atoms with Crippen molar-refractivity contribution in [2.75, 3.05) is 6.54 Å². The molecule has 0 aromatic carbocycles. The van der Waals surface area contributed by atoms with Gasteiger partial charge in [0, 0.05) is 30.9 Å². The molecule has 0 radical (unpaired) electrons. The number of aliphatic hydroxyl groups excluding tert-OH is 1. The Kier molecular flexibility index (Phi) is 4.62. The van der Waals surface area contributed by atoms with E-state index < -0.39 is 12.5 Å². The molecule has 4 nitrogen and oxygen atoms in total. The maximum Gasteiger partial charge on any atom is 0.265 e. The number of alkyl halides is 2. The monoisotopic (exact) mass is 287 g/mol. The molecular weight excluding hydrogens is 272 g/mol. The summed E-state index contributed by atoms with van der Waals surface area (Å²) in [5, 5.41) is 14.1. The first-order valence-corrected chi connectivity index (χ1v) is 6.67. The first-order chi connectivity index (χ1) is 9.09. The third kappa shape index (κ3) is 3.37. The zero-order chi connectivity index (χ0) is 13.8. The van der Waals surface area contributed by atoms with Gasteiger partial charge >= 0.3 is 0 Å². The molecule has 2 heterocycles. The zero-order valence-corrected chi connectivity index (χ0v) is 11.1. The number of halogens is 2. The Morgan fingerprint density at radius 3 is 2.84 bits per heavy atom. The average molecular weight is 287 g/mol. The second kappa shape index (κ2) is 6.23. The fourth-order valence-electron chi connectivity index (χ4n) is 1.76. The lowest BCUT2D eigenvalue weighted by Gasteiger charge is -2.19. The number of hydrogen-bond acceptors (Lipinski definition) is 4. The molecule has 0 fully saturated rings. The first kappa shape index (κ1) is 14.1. The molecule has 7 heteroatoms. The van der Waals surface area contributed by atoms with Gasteiger partial charge in [0.15, 0.2) is 0 Å². The first-order valence-electron chi connectivity index (χ1n) is 5.80. The topological polar surface area (TPSA) is 50.1 Å². The van der Waals surface area contributed by atoms with E-state index in [0.717, 1.165) is 10.7 Å². The van der Waals surface area contributed by atoms with Gasteiger partial charge in [-0.1, -0.05) is 6.07 Å². The highest BCUT2D eigenvalue weighted by Crippen LogP contribution is 2.24. The summed E-state index contributed by atoms with van der Waals surface area (Å²) in [6.07, 6.45) is -0.983. The van der Waals surface area contributed by atoms with Gasteiger partial charge in [0.05, 0.1) is 0 Å². The lowest BCUT2D eigenvalue weighted by atomic mass is 10.2. The summed E-state index contributed by atoms with van der Waals surface area (Å²) in [5.41, 5.74) is 0. The zero-order valence-electron chi connectivity index (χ0n) is 10.3. The Balaban J connectivity index is 2.15. The van der Waals surface area contributed by atoms with E-state index in [-0.39, 0.29) is 12.6 Å². The highest BCUT2D eigenvalue weighted by molar-refractivity contribution is 7.10. The van der Waals surface area contributed by atoms with Gasteiger partial charge in [-0.3, -0.25) is 0 Å². The van der Waals surface area contributed by atoms with Gasteiger partial charge in [-0.2, -0.15) is 0 Å². The van der Waals surface area contributed by atoms with Crippen LogP contribution in [-0.2, 0) is 7.05 Å². The van der Waals surface area contributed by atoms with Crippen LogP contribution in [0.4, 0.5) is 8.78 Å². The predicted molar refractivity (Wildman–Crippen MR) is 69.4 cm³/mol. The highest BCUT2D eigenvalue weighted by Gasteiger charge is 2.23. The maximum atomic E-state index is 12.3. The molecule has 0 amide bonds. The summed E-state index contributed by atoms with van der Waals surface area (Å²) < 4.78 is 26.5. The minimum atomic E-state index is -2.75. The second-order valence-corrected chi connectivity index (χ2v) is 5.13. The van der Waals surface area contributed by atoms with Crippen LogP contribution in [0.1, 0.15) is 16.7 Å². The molecular formula is C12H15F2N3OS. The van der Waals surface area contributed by atoms with Crippen LogP contribution >= 0.6 is 11.3 Å². The molecule has 0 aliphatic carbocycles. The maximum absolute atomic E-state index is 12.3. The largest absolute Gasteiger partial charge is 0.386 e. The van der Waals surface area contributed by atoms with E-state index >= 15 is 0 Å². The molecule has 2 aromatic heterocycles. The summed E-state index contributed by atoms with van der Waals surface area (Å²) >= 11 is 1.51. The molecule has 2 aromatic rings. The lowest BCUT2D eigenvalue weighted by molar-refractivity contribution is -0.00420. The van der Waals surface area contributed by atoms with E-state index in [0.29, 0.717) is 0 Å². The van der Waals surface area contributed by atoms with Gasteiger partial charge in [-0.25, -0.2) is 13.8 Å². The number of hydrogen-bond donors (Lipinski definition) is 2. The number of aliphatic hydroxyl groups is 1. The van der Waals surface area contributed by atoms with Crippen LogP contribution in [0.2, 0.25) is 0 Å². The Bertz CT molecular complexity index is 501. The Morgan fingerprint density at radius 2 is 2.32 bits per heavy atom. The number of rotatable bonds is 6. The molecule has 0 aliphatic heterocycles. The van der Waals surface area contributed by atoms with Crippen LogP contribution in [0.15, 0.2) is 29.9 Å². The molecule has 2 unspecified atom stereocenters. The minimum Gasteiger partial charge on any atom is -0.386 e. The van der Waals surface area contributed by atoms with Crippen LogP contribution in [0.3, 0.4) is 0 Å². The lowest BCUT2D eigenvalue weighted by Crippen LogP contribution is -2.35. The van der Waals surface area contributed by atoms with Gasteiger partial charge in [0.2, 0.25) is 0 Å². The number of nitrogens with zero attached hydrogens (tertiary/aromatic N) is 2. The van der Waals surface area contributed by atoms with Crippen molar-refractivity contribution >= 4 is 11.3 Å². The van der Waals surface area contributed by atoms with E-state index in [4.69, 9.17) is 0 Å². The summed E-state index contributed by atoms with van der Waals surface area (Å²) in [5.74, 6) is 0.726. The van der Waals surface area contributed by atoms with Crippen molar-refractivity contribution in [2.45, 2.75) is 18.6 Å². The van der Waals surface area contributed by atoms with Gasteiger partial charge in [-0.05, 0) is 11.4 Å². The molecule has 0 bridgehead atoms. The number of nitrogens with one attached hydrogen (secondary N) is 1. The Labute approximate surface area is 113 Å². The van der Waals surface area contributed by atoms with Gasteiger partial charge < -0.3 is 15.0 Å². The normalized spacial score (nSPS) is 14.8. The van der Waals surface area contributed by atoms with Crippen molar-refractivity contribution in [3.63, 3.8) is 0 Å². The van der Waals surface area contributed by atoms with E-state index in [2.05, 4.69) is 10.3 Å². The van der Waals surface area contributed by atoms with Crippen LogP contribution < -0.4 is 5.32 Å². The number of aromatic nitrogens is 2. The Morgan fingerprint density at radius 1 is 1.53 bits per heavy atom. The van der Waals surface area contributed by atoms with Crippen LogP contribution in [-0.4, -0.2) is 33.7 Å². The van der Waals surface area contributed by atoms with E-state index in [9.17, 15) is 13.9 Å². The molecule has 0 saturated heterocycles. The van der Waals surface area contributed by atoms with Gasteiger partial charge in [0.25, 0.3) is 6.43 Å². The van der Waals surface area contributed by atoms with Crippen LogP contribution in [0.5, 0.6) is 0 Å². The van der Waals surface area contributed by atoms with E-state index in [1.54, 1.807) is 12.4 Å². The summed E-state index contributed by atoms with van der Waals surface area (Å²) in [6, 6.07) is 3.50. The van der Waals surface area contributed by atoms with Crippen molar-refractivity contribution in [2.24, 2.45) is 7.05 Å². The predicted octanol–water partition coefficient (Wildman–Crippen LogP) is 1.79. The van der Waals surface area contributed by atoms with Crippen molar-refractivity contribution in [3.05, 3.63) is 40.6 Å². The molecule has 104 valence electrons. The number of aryl methyl sites for hydroxylation is 1. The van der Waals surface area contributed by atoms with Crippen molar-refractivity contribution in [1.82, 2.24) is 14.9 Å². The minimum absolute atomic E-state index is 0.187. The quantitative estimate of drug-likeness (QED) is 0.851. The fourth-order valence-corrected chi connectivity index (χ4v) is 2.55. The molecule has 19 heavy (non-hydrogen) atoms. The standard InChI is InChI=1S/C12H15F2N3OS/c1-17-5-4-15-12(17)10(9-3-2-6-19-9)16-7-8(18)11(13)14/h2-6,8,10-11,16,18H,7H2,1H3. The molecule has 2 atom stereocenters. The van der Waals surface area contributed by atoms with Crippen molar-refractivity contribution in [3.8, 4) is 0 Å². The summed E-state index contributed by atoms with van der Waals surface area (Å²) in [4.78, 5) is 5.20.